The average Bonchev–Trinajstić information content (AvgIpc) is 3.34. The second-order valence-electron chi connectivity index (χ2n) is 20.7. The summed E-state index contributed by atoms with van der Waals surface area (Å²) in [5.74, 6) is -0.0638. The number of unbranched alkanes of at least 4 members (excludes halogenated alkanes) is 41. The number of carbonyl (C=O) groups excluding carboxylic acids is 2. The van der Waals surface area contributed by atoms with Gasteiger partial charge in [-0.3, -0.25) is 9.59 Å². The lowest BCUT2D eigenvalue weighted by Crippen LogP contribution is -2.45. The number of allylic oxidation sites excluding steroid dienone is 5. The van der Waals surface area contributed by atoms with Crippen LogP contribution in [0.3, 0.4) is 0 Å². The van der Waals surface area contributed by atoms with E-state index in [1.165, 1.54) is 244 Å². The lowest BCUT2D eigenvalue weighted by molar-refractivity contribution is -0.143. The predicted molar refractivity (Wildman–Crippen MR) is 296 cm³/mol. The SMILES string of the molecule is CCCC/C=C\C/C=C\CCCCCCCC(=O)OCCCCCCCCCCCCCCCCCCCCCCCCCCCCCCC(=O)NC(CO)C(O)/C=C/CCCCCCCCC. The molecule has 400 valence electrons. The van der Waals surface area contributed by atoms with E-state index in [9.17, 15) is 19.8 Å². The van der Waals surface area contributed by atoms with Gasteiger partial charge in [-0.05, 0) is 57.8 Å². The number of nitrogens with one attached hydrogen (secondary N) is 1. The number of amides is 1. The van der Waals surface area contributed by atoms with Gasteiger partial charge in [0, 0.05) is 12.8 Å². The predicted octanol–water partition coefficient (Wildman–Crippen LogP) is 18.8. The van der Waals surface area contributed by atoms with E-state index < -0.39 is 12.1 Å². The number of carbonyl (C=O) groups is 2. The van der Waals surface area contributed by atoms with Crippen molar-refractivity contribution in [3.05, 3.63) is 36.5 Å². The van der Waals surface area contributed by atoms with Crippen molar-refractivity contribution in [1.29, 1.82) is 0 Å². The van der Waals surface area contributed by atoms with E-state index in [0.717, 1.165) is 51.4 Å². The highest BCUT2D eigenvalue weighted by Crippen LogP contribution is 2.17. The van der Waals surface area contributed by atoms with E-state index >= 15 is 0 Å². The van der Waals surface area contributed by atoms with Gasteiger partial charge >= 0.3 is 5.97 Å². The molecule has 2 atom stereocenters. The molecular formula is C62H117NO5. The van der Waals surface area contributed by atoms with Crippen LogP contribution in [-0.4, -0.2) is 47.4 Å². The maximum Gasteiger partial charge on any atom is 0.305 e. The fraction of sp³-hybridized carbons (Fsp3) is 0.871. The van der Waals surface area contributed by atoms with Crippen LogP contribution in [0.1, 0.15) is 322 Å². The maximum atomic E-state index is 12.4. The Morgan fingerprint density at radius 3 is 1.16 bits per heavy atom. The van der Waals surface area contributed by atoms with Crippen LogP contribution in [-0.2, 0) is 14.3 Å². The van der Waals surface area contributed by atoms with Crippen LogP contribution in [0.2, 0.25) is 0 Å². The van der Waals surface area contributed by atoms with Crippen LogP contribution < -0.4 is 5.32 Å². The molecule has 0 aliphatic carbocycles. The van der Waals surface area contributed by atoms with E-state index in [4.69, 9.17) is 4.74 Å². The Balaban J connectivity index is 3.33. The van der Waals surface area contributed by atoms with E-state index in [1.54, 1.807) is 6.08 Å². The van der Waals surface area contributed by atoms with Crippen LogP contribution in [0, 0.1) is 0 Å². The second kappa shape index (κ2) is 57.7. The molecule has 0 aliphatic heterocycles. The van der Waals surface area contributed by atoms with Crippen LogP contribution in [0.15, 0.2) is 36.5 Å². The van der Waals surface area contributed by atoms with Crippen LogP contribution in [0.25, 0.3) is 0 Å². The third-order valence-corrected chi connectivity index (χ3v) is 13.9. The standard InChI is InChI=1S/C62H117NO5/c1-3-5-7-9-11-13-14-15-33-36-40-44-48-52-56-62(67)68-57-53-49-45-41-37-34-31-29-27-25-23-21-19-17-16-18-20-22-24-26-28-30-32-35-39-43-47-51-55-61(66)63-59(58-64)60(65)54-50-46-42-38-12-10-8-6-4-2/h9,11,14-15,50,54,59-60,64-65H,3-8,10,12-13,16-49,51-53,55-58H2,1-2H3,(H,63,66)/b11-9-,15-14-,54-50+. The lowest BCUT2D eigenvalue weighted by atomic mass is 10.0. The molecule has 6 heteroatoms. The summed E-state index contributed by atoms with van der Waals surface area (Å²) in [6.07, 6.45) is 72.0. The molecule has 0 spiro atoms. The summed E-state index contributed by atoms with van der Waals surface area (Å²) in [5, 5.41) is 22.9. The first-order chi connectivity index (χ1) is 33.5. The fourth-order valence-electron chi connectivity index (χ4n) is 9.24. The third kappa shape index (κ3) is 53.4. The molecule has 0 radical (unpaired) electrons. The molecule has 0 heterocycles. The number of rotatable bonds is 56. The number of esters is 1. The van der Waals surface area contributed by atoms with E-state index in [1.807, 2.05) is 6.08 Å². The van der Waals surface area contributed by atoms with Crippen LogP contribution in [0.4, 0.5) is 0 Å². The summed E-state index contributed by atoms with van der Waals surface area (Å²) in [5.41, 5.74) is 0. The van der Waals surface area contributed by atoms with Gasteiger partial charge in [0.15, 0.2) is 0 Å². The van der Waals surface area contributed by atoms with Crippen molar-refractivity contribution in [2.24, 2.45) is 0 Å². The number of hydrogen-bond donors (Lipinski definition) is 3. The minimum absolute atomic E-state index is 0.00344. The summed E-state index contributed by atoms with van der Waals surface area (Å²) < 4.78 is 5.47. The molecule has 1 amide bonds. The molecule has 0 fully saturated rings. The van der Waals surface area contributed by atoms with E-state index in [0.29, 0.717) is 19.4 Å². The summed E-state index contributed by atoms with van der Waals surface area (Å²) in [4.78, 5) is 24.4. The minimum Gasteiger partial charge on any atom is -0.466 e. The van der Waals surface area contributed by atoms with E-state index in [-0.39, 0.29) is 18.5 Å². The van der Waals surface area contributed by atoms with Gasteiger partial charge in [0.05, 0.1) is 25.4 Å². The first kappa shape index (κ1) is 66.1. The van der Waals surface area contributed by atoms with Gasteiger partial charge in [0.1, 0.15) is 0 Å². The molecule has 0 saturated carbocycles. The van der Waals surface area contributed by atoms with Crippen molar-refractivity contribution in [3.8, 4) is 0 Å². The first-order valence-electron chi connectivity index (χ1n) is 30.3. The molecule has 0 aliphatic rings. The highest BCUT2D eigenvalue weighted by atomic mass is 16.5. The van der Waals surface area contributed by atoms with Crippen LogP contribution >= 0.6 is 0 Å². The molecule has 3 N–H and O–H groups in total. The third-order valence-electron chi connectivity index (χ3n) is 13.9. The molecule has 0 aromatic rings. The van der Waals surface area contributed by atoms with Gasteiger partial charge < -0.3 is 20.3 Å². The molecule has 0 aromatic heterocycles. The molecule has 6 nitrogen and oxygen atoms in total. The van der Waals surface area contributed by atoms with Gasteiger partial charge in [-0.15, -0.1) is 0 Å². The zero-order valence-corrected chi connectivity index (χ0v) is 45.6. The molecular weight excluding hydrogens is 839 g/mol. The number of aliphatic hydroxyl groups is 2. The molecule has 0 saturated heterocycles. The minimum atomic E-state index is -0.840. The second-order valence-corrected chi connectivity index (χ2v) is 20.7. The number of ether oxygens (including phenoxy) is 1. The normalized spacial score (nSPS) is 12.8. The molecule has 0 rings (SSSR count). The van der Waals surface area contributed by atoms with Crippen LogP contribution in [0.5, 0.6) is 0 Å². The van der Waals surface area contributed by atoms with Crippen molar-refractivity contribution in [3.63, 3.8) is 0 Å². The average molecular weight is 957 g/mol. The zero-order valence-electron chi connectivity index (χ0n) is 45.6. The molecule has 0 aromatic carbocycles. The number of hydrogen-bond acceptors (Lipinski definition) is 5. The van der Waals surface area contributed by atoms with Gasteiger partial charge in [-0.2, -0.15) is 0 Å². The van der Waals surface area contributed by atoms with Crippen molar-refractivity contribution < 1.29 is 24.5 Å². The zero-order chi connectivity index (χ0) is 49.3. The monoisotopic (exact) mass is 956 g/mol. The Hall–Kier alpha value is -1.92. The highest BCUT2D eigenvalue weighted by Gasteiger charge is 2.18. The van der Waals surface area contributed by atoms with Gasteiger partial charge in [-0.1, -0.05) is 288 Å². The van der Waals surface area contributed by atoms with Gasteiger partial charge in [-0.25, -0.2) is 0 Å². The molecule has 2 unspecified atom stereocenters. The van der Waals surface area contributed by atoms with Crippen molar-refractivity contribution in [2.45, 2.75) is 334 Å². The van der Waals surface area contributed by atoms with Crippen molar-refractivity contribution in [2.75, 3.05) is 13.2 Å². The Bertz CT molecular complexity index is 1100. The summed E-state index contributed by atoms with van der Waals surface area (Å²) in [7, 11) is 0. The smallest absolute Gasteiger partial charge is 0.305 e. The Morgan fingerprint density at radius 1 is 0.412 bits per heavy atom. The Kier molecular flexibility index (Phi) is 56.0. The van der Waals surface area contributed by atoms with E-state index in [2.05, 4.69) is 43.5 Å². The summed E-state index contributed by atoms with van der Waals surface area (Å²) in [6.45, 7) is 4.84. The largest absolute Gasteiger partial charge is 0.466 e. The van der Waals surface area contributed by atoms with Gasteiger partial charge in [0.25, 0.3) is 0 Å². The van der Waals surface area contributed by atoms with Crippen molar-refractivity contribution in [1.82, 2.24) is 5.32 Å². The first-order valence-corrected chi connectivity index (χ1v) is 30.3. The fourth-order valence-corrected chi connectivity index (χ4v) is 9.24. The lowest BCUT2D eigenvalue weighted by Gasteiger charge is -2.20. The summed E-state index contributed by atoms with van der Waals surface area (Å²) >= 11 is 0. The number of aliphatic hydroxyl groups excluding tert-OH is 2. The Morgan fingerprint density at radius 2 is 0.750 bits per heavy atom. The van der Waals surface area contributed by atoms with Gasteiger partial charge in [0.2, 0.25) is 5.91 Å². The topological polar surface area (TPSA) is 95.9 Å². The highest BCUT2D eigenvalue weighted by molar-refractivity contribution is 5.76. The maximum absolute atomic E-state index is 12.4. The Labute approximate surface area is 424 Å². The molecule has 0 bridgehead atoms. The molecule has 68 heavy (non-hydrogen) atoms. The van der Waals surface area contributed by atoms with Crippen molar-refractivity contribution >= 4 is 11.9 Å². The summed E-state index contributed by atoms with van der Waals surface area (Å²) in [6, 6.07) is -0.623. The quantitative estimate of drug-likeness (QED) is 0.0321.